The van der Waals surface area contributed by atoms with E-state index < -0.39 is 0 Å². The number of aryl methyl sites for hydroxylation is 2. The number of aromatic nitrogens is 2. The van der Waals surface area contributed by atoms with Gasteiger partial charge in [-0.05, 0) is 31.9 Å². The molecule has 2 N–H and O–H groups in total. The molecule has 0 radical (unpaired) electrons. The number of nitrogens with one attached hydrogen (secondary N) is 2. The van der Waals surface area contributed by atoms with Gasteiger partial charge in [-0.25, -0.2) is 4.98 Å². The Kier molecular flexibility index (Phi) is 8.70. The minimum Gasteiger partial charge on any atom is -0.490 e. The zero-order valence-corrected chi connectivity index (χ0v) is 18.2. The highest BCUT2D eigenvalue weighted by Crippen LogP contribution is 2.32. The van der Waals surface area contributed by atoms with Gasteiger partial charge in [-0.3, -0.25) is 4.99 Å². The highest BCUT2D eigenvalue weighted by Gasteiger charge is 2.11. The lowest BCUT2D eigenvalue weighted by Gasteiger charge is -2.14. The Morgan fingerprint density at radius 2 is 2.04 bits per heavy atom. The summed E-state index contributed by atoms with van der Waals surface area (Å²) in [5, 5.41) is 6.65. The number of anilines is 1. The van der Waals surface area contributed by atoms with Crippen molar-refractivity contribution < 1.29 is 9.47 Å². The molecule has 2 heterocycles. The van der Waals surface area contributed by atoms with Crippen LogP contribution in [-0.4, -0.2) is 42.3 Å². The van der Waals surface area contributed by atoms with E-state index in [2.05, 4.69) is 25.2 Å². The lowest BCUT2D eigenvalue weighted by atomic mass is 10.2. The summed E-state index contributed by atoms with van der Waals surface area (Å²) < 4.78 is 13.6. The first-order valence-electron chi connectivity index (χ1n) is 9.11. The smallest absolute Gasteiger partial charge is 0.195 e. The quantitative estimate of drug-likeness (QED) is 0.284. The number of halogens is 1. The summed E-state index contributed by atoms with van der Waals surface area (Å²) in [6.07, 6.45) is 6.91. The van der Waals surface area contributed by atoms with Crippen LogP contribution in [0.1, 0.15) is 25.1 Å². The molecule has 0 unspecified atom stereocenters. The zero-order chi connectivity index (χ0) is 18.2. The molecule has 3 rings (SSSR count). The van der Waals surface area contributed by atoms with E-state index in [1.165, 1.54) is 0 Å². The molecule has 1 aliphatic rings. The van der Waals surface area contributed by atoms with E-state index in [-0.39, 0.29) is 24.0 Å². The van der Waals surface area contributed by atoms with Gasteiger partial charge in [0.05, 0.1) is 13.2 Å². The molecule has 1 aromatic heterocycles. The van der Waals surface area contributed by atoms with Gasteiger partial charge in [-0.15, -0.1) is 24.0 Å². The molecule has 0 bridgehead atoms. The average molecular weight is 485 g/mol. The van der Waals surface area contributed by atoms with Crippen molar-refractivity contribution in [3.8, 4) is 11.5 Å². The second-order valence-corrected chi connectivity index (χ2v) is 6.21. The minimum atomic E-state index is 0. The number of imidazole rings is 1. The standard InChI is InChI=1S/C19H27N5O2.HI/c1-15-21-9-11-24(15)10-4-3-8-22-19(20-2)23-16-6-7-17-18(14-16)26-13-5-12-25-17;/h6-7,9,11,14H,3-5,8,10,12-13H2,1-2H3,(H2,20,22,23);1H. The van der Waals surface area contributed by atoms with Gasteiger partial charge in [0.2, 0.25) is 0 Å². The van der Waals surface area contributed by atoms with Crippen LogP contribution in [-0.2, 0) is 6.54 Å². The molecule has 0 saturated carbocycles. The van der Waals surface area contributed by atoms with Crippen molar-refractivity contribution in [3.05, 3.63) is 36.4 Å². The molecule has 27 heavy (non-hydrogen) atoms. The highest BCUT2D eigenvalue weighted by molar-refractivity contribution is 14.0. The maximum atomic E-state index is 5.73. The predicted octanol–water partition coefficient (Wildman–Crippen LogP) is 3.44. The van der Waals surface area contributed by atoms with Crippen molar-refractivity contribution >= 4 is 35.6 Å². The number of hydrogen-bond acceptors (Lipinski definition) is 4. The Balaban J connectivity index is 0.00000261. The molecule has 1 aliphatic heterocycles. The number of benzene rings is 1. The van der Waals surface area contributed by atoms with Gasteiger partial charge < -0.3 is 24.7 Å². The van der Waals surface area contributed by atoms with Crippen molar-refractivity contribution in [2.45, 2.75) is 32.7 Å². The number of guanidine groups is 1. The minimum absolute atomic E-state index is 0. The highest BCUT2D eigenvalue weighted by atomic mass is 127. The molecule has 0 aliphatic carbocycles. The summed E-state index contributed by atoms with van der Waals surface area (Å²) in [6.45, 7) is 5.25. The Bertz CT molecular complexity index is 747. The zero-order valence-electron chi connectivity index (χ0n) is 15.9. The molecule has 0 atom stereocenters. The van der Waals surface area contributed by atoms with Crippen molar-refractivity contribution in [2.24, 2.45) is 4.99 Å². The third-order valence-electron chi connectivity index (χ3n) is 4.28. The molecule has 7 nitrogen and oxygen atoms in total. The fourth-order valence-electron chi connectivity index (χ4n) is 2.81. The molecule has 8 heteroatoms. The SMILES string of the molecule is CN=C(NCCCCn1ccnc1C)Nc1ccc2c(c1)OCCCO2.I. The predicted molar refractivity (Wildman–Crippen MR) is 119 cm³/mol. The van der Waals surface area contributed by atoms with E-state index in [9.17, 15) is 0 Å². The average Bonchev–Trinajstić information content (AvgIpc) is 2.92. The van der Waals surface area contributed by atoms with Crippen LogP contribution in [0.4, 0.5) is 5.69 Å². The van der Waals surface area contributed by atoms with Crippen LogP contribution >= 0.6 is 24.0 Å². The van der Waals surface area contributed by atoms with Crippen LogP contribution in [0.25, 0.3) is 0 Å². The molecule has 0 saturated heterocycles. The normalized spacial score (nSPS) is 13.5. The number of fused-ring (bicyclic) bond motifs is 1. The molecule has 1 aromatic carbocycles. The van der Waals surface area contributed by atoms with Crippen LogP contribution in [0.3, 0.4) is 0 Å². The molecule has 0 spiro atoms. The van der Waals surface area contributed by atoms with E-state index >= 15 is 0 Å². The Morgan fingerprint density at radius 1 is 1.22 bits per heavy atom. The van der Waals surface area contributed by atoms with Crippen LogP contribution in [0.5, 0.6) is 11.5 Å². The Labute approximate surface area is 177 Å². The van der Waals surface area contributed by atoms with Crippen molar-refractivity contribution in [2.75, 3.05) is 32.1 Å². The van der Waals surface area contributed by atoms with Crippen LogP contribution < -0.4 is 20.1 Å². The first-order chi connectivity index (χ1) is 12.8. The Hall–Kier alpha value is -1.97. The van der Waals surface area contributed by atoms with E-state index in [0.29, 0.717) is 13.2 Å². The van der Waals surface area contributed by atoms with E-state index in [1.54, 1.807) is 7.05 Å². The van der Waals surface area contributed by atoms with Gasteiger partial charge in [0, 0.05) is 50.7 Å². The number of nitrogens with zero attached hydrogens (tertiary/aromatic N) is 3. The summed E-state index contributed by atoms with van der Waals surface area (Å²) in [7, 11) is 1.77. The number of ether oxygens (including phenoxy) is 2. The summed E-state index contributed by atoms with van der Waals surface area (Å²) in [5.74, 6) is 3.38. The van der Waals surface area contributed by atoms with Gasteiger partial charge in [-0.2, -0.15) is 0 Å². The summed E-state index contributed by atoms with van der Waals surface area (Å²) in [4.78, 5) is 8.52. The second kappa shape index (κ2) is 11.0. The lowest BCUT2D eigenvalue weighted by molar-refractivity contribution is 0.297. The molecule has 0 fully saturated rings. The summed E-state index contributed by atoms with van der Waals surface area (Å²) in [6, 6.07) is 5.86. The maximum absolute atomic E-state index is 5.73. The maximum Gasteiger partial charge on any atom is 0.195 e. The van der Waals surface area contributed by atoms with Crippen molar-refractivity contribution in [1.82, 2.24) is 14.9 Å². The molecule has 0 amide bonds. The number of rotatable bonds is 6. The fourth-order valence-corrected chi connectivity index (χ4v) is 2.81. The molecular formula is C19H28IN5O2. The largest absolute Gasteiger partial charge is 0.490 e. The van der Waals surface area contributed by atoms with Crippen LogP contribution in [0.15, 0.2) is 35.6 Å². The first kappa shape index (κ1) is 21.3. The first-order valence-corrected chi connectivity index (χ1v) is 9.11. The van der Waals surface area contributed by atoms with Gasteiger partial charge in [0.15, 0.2) is 17.5 Å². The van der Waals surface area contributed by atoms with Crippen LogP contribution in [0.2, 0.25) is 0 Å². The monoisotopic (exact) mass is 485 g/mol. The molecule has 148 valence electrons. The third-order valence-corrected chi connectivity index (χ3v) is 4.28. The van der Waals surface area contributed by atoms with Crippen LogP contribution in [0, 0.1) is 6.92 Å². The number of aliphatic imine (C=N–C) groups is 1. The van der Waals surface area contributed by atoms with Gasteiger partial charge in [0.1, 0.15) is 5.82 Å². The molecular weight excluding hydrogens is 457 g/mol. The fraction of sp³-hybridized carbons (Fsp3) is 0.474. The van der Waals surface area contributed by atoms with E-state index in [0.717, 1.165) is 61.3 Å². The molecule has 2 aromatic rings. The number of hydrogen-bond donors (Lipinski definition) is 2. The lowest BCUT2D eigenvalue weighted by Crippen LogP contribution is -2.31. The van der Waals surface area contributed by atoms with Crippen molar-refractivity contribution in [3.63, 3.8) is 0 Å². The van der Waals surface area contributed by atoms with Gasteiger partial charge in [-0.1, -0.05) is 0 Å². The van der Waals surface area contributed by atoms with E-state index in [4.69, 9.17) is 9.47 Å². The van der Waals surface area contributed by atoms with Gasteiger partial charge >= 0.3 is 0 Å². The topological polar surface area (TPSA) is 72.7 Å². The summed E-state index contributed by atoms with van der Waals surface area (Å²) in [5.41, 5.74) is 0.927. The van der Waals surface area contributed by atoms with Gasteiger partial charge in [0.25, 0.3) is 0 Å². The Morgan fingerprint density at radius 3 is 2.78 bits per heavy atom. The van der Waals surface area contributed by atoms with Crippen molar-refractivity contribution in [1.29, 1.82) is 0 Å². The second-order valence-electron chi connectivity index (χ2n) is 6.21. The van der Waals surface area contributed by atoms with E-state index in [1.807, 2.05) is 37.5 Å². The summed E-state index contributed by atoms with van der Waals surface area (Å²) >= 11 is 0. The number of unbranched alkanes of at least 4 members (excludes halogenated alkanes) is 1. The third kappa shape index (κ3) is 6.30.